The maximum Gasteiger partial charge on any atom is 0.330 e. The summed E-state index contributed by atoms with van der Waals surface area (Å²) in [5, 5.41) is 0. The van der Waals surface area contributed by atoms with E-state index in [0.717, 1.165) is 36.8 Å². The average Bonchev–Trinajstić information content (AvgIpc) is 2.99. The van der Waals surface area contributed by atoms with Crippen LogP contribution in [-0.4, -0.2) is 52.4 Å². The van der Waals surface area contributed by atoms with Crippen LogP contribution >= 0.6 is 0 Å². The molecule has 1 aliphatic heterocycles. The fraction of sp³-hybridized carbons (Fsp3) is 0.650. The van der Waals surface area contributed by atoms with E-state index >= 15 is 0 Å². The summed E-state index contributed by atoms with van der Waals surface area (Å²) in [4.78, 5) is 61.0. The number of hydrogen-bond acceptors (Lipinski definition) is 9. The number of ether oxygens (including phenoxy) is 4. The van der Waals surface area contributed by atoms with Crippen LogP contribution < -0.4 is 11.2 Å². The lowest BCUT2D eigenvalue weighted by Crippen LogP contribution is -2.42. The van der Waals surface area contributed by atoms with E-state index in [4.69, 9.17) is 18.9 Å². The number of unbranched alkanes of at least 4 members (excludes halogenated alkanes) is 3. The molecule has 1 fully saturated rings. The lowest BCUT2D eigenvalue weighted by Gasteiger charge is -2.23. The number of hydrogen-bond donors (Lipinski definition) is 1. The predicted octanol–water partition coefficient (Wildman–Crippen LogP) is 0.811. The largest absolute Gasteiger partial charge is 0.463 e. The van der Waals surface area contributed by atoms with Gasteiger partial charge in [0.15, 0.2) is 18.4 Å². The third kappa shape index (κ3) is 7.06. The minimum absolute atomic E-state index is 0.237. The number of aromatic nitrogens is 2. The van der Waals surface area contributed by atoms with Gasteiger partial charge in [-0.2, -0.15) is 0 Å². The van der Waals surface area contributed by atoms with Gasteiger partial charge in [-0.3, -0.25) is 28.7 Å². The molecule has 1 aliphatic rings. The molecule has 1 N–H and O–H groups in total. The van der Waals surface area contributed by atoms with Gasteiger partial charge in [-0.1, -0.05) is 26.2 Å². The molecule has 0 amide bonds. The Labute approximate surface area is 178 Å². The minimum atomic E-state index is -1.20. The minimum Gasteiger partial charge on any atom is -0.463 e. The van der Waals surface area contributed by atoms with Crippen LogP contribution in [-0.2, 0) is 33.3 Å². The van der Waals surface area contributed by atoms with Crippen molar-refractivity contribution in [3.05, 3.63) is 33.1 Å². The van der Waals surface area contributed by atoms with Crippen LogP contribution in [0.15, 0.2) is 21.9 Å². The van der Waals surface area contributed by atoms with Gasteiger partial charge < -0.3 is 18.9 Å². The highest BCUT2D eigenvalue weighted by Gasteiger charge is 2.50. The van der Waals surface area contributed by atoms with E-state index in [1.807, 2.05) is 0 Å². The fourth-order valence-corrected chi connectivity index (χ4v) is 3.29. The van der Waals surface area contributed by atoms with Crippen LogP contribution in [0, 0.1) is 0 Å². The van der Waals surface area contributed by atoms with Gasteiger partial charge in [-0.15, -0.1) is 0 Å². The lowest BCUT2D eigenvalue weighted by atomic mass is 10.1. The number of carbonyl (C=O) groups is 3. The summed E-state index contributed by atoms with van der Waals surface area (Å²) in [5.74, 6) is -1.80. The summed E-state index contributed by atoms with van der Waals surface area (Å²) in [7, 11) is 0. The van der Waals surface area contributed by atoms with Gasteiger partial charge >= 0.3 is 23.6 Å². The number of rotatable bonds is 10. The van der Waals surface area contributed by atoms with E-state index in [1.165, 1.54) is 13.1 Å². The van der Waals surface area contributed by atoms with Gasteiger partial charge in [-0.05, 0) is 6.42 Å². The highest BCUT2D eigenvalue weighted by Crippen LogP contribution is 2.33. The van der Waals surface area contributed by atoms with Crippen LogP contribution in [0.3, 0.4) is 0 Å². The Morgan fingerprint density at radius 2 is 1.74 bits per heavy atom. The van der Waals surface area contributed by atoms with Crippen molar-refractivity contribution in [3.8, 4) is 0 Å². The Kier molecular flexibility index (Phi) is 8.98. The molecule has 0 bridgehead atoms. The summed E-state index contributed by atoms with van der Waals surface area (Å²) < 4.78 is 22.6. The summed E-state index contributed by atoms with van der Waals surface area (Å²) in [6.07, 6.45) is 0.561. The van der Waals surface area contributed by atoms with Crippen LogP contribution in [0.2, 0.25) is 0 Å². The first-order valence-corrected chi connectivity index (χ1v) is 10.2. The molecule has 31 heavy (non-hydrogen) atoms. The van der Waals surface area contributed by atoms with E-state index in [0.29, 0.717) is 6.42 Å². The van der Waals surface area contributed by atoms with Gasteiger partial charge in [0.2, 0.25) is 0 Å². The van der Waals surface area contributed by atoms with Gasteiger partial charge in [-0.25, -0.2) is 4.79 Å². The topological polar surface area (TPSA) is 143 Å². The second-order valence-electron chi connectivity index (χ2n) is 7.22. The second kappa shape index (κ2) is 11.4. The SMILES string of the molecule is CCCCCCC(=O)OC[C@H]1O[C@@H](n2ccc(=O)[nH]c2=O)[C@H](OC(C)=O)[C@@H]1OC(C)=O. The maximum atomic E-state index is 12.2. The van der Waals surface area contributed by atoms with Gasteiger partial charge in [0, 0.05) is 32.5 Å². The molecule has 0 unspecified atom stereocenters. The van der Waals surface area contributed by atoms with Crippen LogP contribution in [0.25, 0.3) is 0 Å². The van der Waals surface area contributed by atoms with Crippen molar-refractivity contribution in [2.45, 2.75) is 77.4 Å². The van der Waals surface area contributed by atoms with E-state index in [1.54, 1.807) is 0 Å². The van der Waals surface area contributed by atoms with Crippen molar-refractivity contribution < 1.29 is 33.3 Å². The number of nitrogens with one attached hydrogen (secondary N) is 1. The molecular formula is C20H28N2O9. The Morgan fingerprint density at radius 3 is 2.35 bits per heavy atom. The number of esters is 3. The summed E-state index contributed by atoms with van der Waals surface area (Å²) >= 11 is 0. The molecule has 2 rings (SSSR count). The molecule has 0 aromatic carbocycles. The Morgan fingerprint density at radius 1 is 1.06 bits per heavy atom. The van der Waals surface area contributed by atoms with E-state index < -0.39 is 53.7 Å². The predicted molar refractivity (Wildman–Crippen MR) is 106 cm³/mol. The smallest absolute Gasteiger partial charge is 0.330 e. The molecule has 1 aromatic rings. The summed E-state index contributed by atoms with van der Waals surface area (Å²) in [6.45, 7) is 4.12. The molecule has 0 aliphatic carbocycles. The zero-order chi connectivity index (χ0) is 23.0. The number of H-pyrrole nitrogens is 1. The van der Waals surface area contributed by atoms with Gasteiger partial charge in [0.05, 0.1) is 0 Å². The Bertz CT molecular complexity index is 891. The summed E-state index contributed by atoms with van der Waals surface area (Å²) in [5.41, 5.74) is -1.42. The molecule has 1 aromatic heterocycles. The van der Waals surface area contributed by atoms with Crippen molar-refractivity contribution in [2.24, 2.45) is 0 Å². The van der Waals surface area contributed by atoms with Crippen molar-refractivity contribution >= 4 is 17.9 Å². The first-order chi connectivity index (χ1) is 14.7. The zero-order valence-corrected chi connectivity index (χ0v) is 17.8. The van der Waals surface area contributed by atoms with Crippen molar-refractivity contribution in [3.63, 3.8) is 0 Å². The molecule has 4 atom stereocenters. The van der Waals surface area contributed by atoms with Gasteiger partial charge in [0.25, 0.3) is 5.56 Å². The van der Waals surface area contributed by atoms with Crippen molar-refractivity contribution in [1.82, 2.24) is 9.55 Å². The quantitative estimate of drug-likeness (QED) is 0.317. The lowest BCUT2D eigenvalue weighted by molar-refractivity contribution is -0.166. The van der Waals surface area contributed by atoms with Crippen LogP contribution in [0.1, 0.15) is 59.1 Å². The maximum absolute atomic E-state index is 12.2. The molecule has 11 nitrogen and oxygen atoms in total. The third-order valence-electron chi connectivity index (χ3n) is 4.66. The fourth-order valence-electron chi connectivity index (χ4n) is 3.29. The third-order valence-corrected chi connectivity index (χ3v) is 4.66. The standard InChI is InChI=1S/C20H28N2O9/c1-4-5-6-7-8-16(26)28-11-14-17(29-12(2)23)18(30-13(3)24)19(31-14)22-10-9-15(25)21-20(22)27/h9-10,14,17-19H,4-8,11H2,1-3H3,(H,21,25,27)/t14-,17-,18-,19-/m1/s1. The molecule has 2 heterocycles. The van der Waals surface area contributed by atoms with E-state index in [2.05, 4.69) is 11.9 Å². The Balaban J connectivity index is 2.20. The van der Waals surface area contributed by atoms with Gasteiger partial charge in [0.1, 0.15) is 12.7 Å². The van der Waals surface area contributed by atoms with Crippen LogP contribution in [0.4, 0.5) is 0 Å². The second-order valence-corrected chi connectivity index (χ2v) is 7.22. The molecule has 0 radical (unpaired) electrons. The molecule has 1 saturated heterocycles. The van der Waals surface area contributed by atoms with Crippen molar-refractivity contribution in [2.75, 3.05) is 6.61 Å². The molecular weight excluding hydrogens is 412 g/mol. The highest BCUT2D eigenvalue weighted by atomic mass is 16.7. The normalized spacial score (nSPS) is 22.7. The van der Waals surface area contributed by atoms with E-state index in [-0.39, 0.29) is 13.0 Å². The molecule has 0 spiro atoms. The molecule has 0 saturated carbocycles. The number of nitrogens with zero attached hydrogens (tertiary/aromatic N) is 1. The molecule has 172 valence electrons. The molecule has 11 heteroatoms. The summed E-state index contributed by atoms with van der Waals surface area (Å²) in [6, 6.07) is 1.10. The Hall–Kier alpha value is -2.95. The van der Waals surface area contributed by atoms with Crippen LogP contribution in [0.5, 0.6) is 0 Å². The number of carbonyl (C=O) groups excluding carboxylic acids is 3. The average molecular weight is 440 g/mol. The number of aromatic amines is 1. The highest BCUT2D eigenvalue weighted by molar-refractivity contribution is 5.69. The zero-order valence-electron chi connectivity index (χ0n) is 17.8. The monoisotopic (exact) mass is 440 g/mol. The van der Waals surface area contributed by atoms with E-state index in [9.17, 15) is 24.0 Å². The first-order valence-electron chi connectivity index (χ1n) is 10.2. The van der Waals surface area contributed by atoms with Crippen molar-refractivity contribution in [1.29, 1.82) is 0 Å². The first kappa shape index (κ1) is 24.3.